The van der Waals surface area contributed by atoms with Crippen LogP contribution >= 0.6 is 38.5 Å². The van der Waals surface area contributed by atoms with Crippen molar-refractivity contribution < 1.29 is 15.0 Å². The summed E-state index contributed by atoms with van der Waals surface area (Å²) in [7, 11) is 0. The Morgan fingerprint density at radius 2 is 2.14 bits per heavy atom. The highest BCUT2D eigenvalue weighted by Crippen LogP contribution is 2.30. The van der Waals surface area contributed by atoms with Gasteiger partial charge in [-0.2, -0.15) is 0 Å². The molecule has 0 aliphatic heterocycles. The first-order valence-corrected chi connectivity index (χ1v) is 5.67. The molecular formula is C9H8BrIO3. The third-order valence-corrected chi connectivity index (χ3v) is 3.95. The molecule has 1 unspecified atom stereocenters. The van der Waals surface area contributed by atoms with Gasteiger partial charge < -0.3 is 10.2 Å². The second kappa shape index (κ2) is 4.59. The van der Waals surface area contributed by atoms with Crippen LogP contribution in [-0.2, 0) is 4.79 Å². The molecule has 76 valence electrons. The first kappa shape index (κ1) is 11.9. The fourth-order valence-electron chi connectivity index (χ4n) is 1.05. The lowest BCUT2D eigenvalue weighted by Gasteiger charge is -2.12. The topological polar surface area (TPSA) is 57.5 Å². The first-order valence-electron chi connectivity index (χ1n) is 3.80. The zero-order valence-corrected chi connectivity index (χ0v) is 11.0. The summed E-state index contributed by atoms with van der Waals surface area (Å²) in [5.41, 5.74) is 1.36. The molecule has 0 aromatic heterocycles. The lowest BCUT2D eigenvalue weighted by atomic mass is 10.1. The van der Waals surface area contributed by atoms with E-state index in [2.05, 4.69) is 15.9 Å². The molecule has 0 spiro atoms. The van der Waals surface area contributed by atoms with E-state index >= 15 is 0 Å². The summed E-state index contributed by atoms with van der Waals surface area (Å²) >= 11 is 5.25. The molecule has 1 aromatic carbocycles. The van der Waals surface area contributed by atoms with E-state index in [1.807, 2.05) is 35.6 Å². The summed E-state index contributed by atoms with van der Waals surface area (Å²) in [6.45, 7) is 1.87. The number of aliphatic carboxylic acids is 1. The highest BCUT2D eigenvalue weighted by Gasteiger charge is 2.22. The van der Waals surface area contributed by atoms with Crippen molar-refractivity contribution >= 4 is 44.5 Å². The van der Waals surface area contributed by atoms with Gasteiger partial charge in [-0.05, 0) is 41.1 Å². The highest BCUT2D eigenvalue weighted by atomic mass is 127. The molecule has 0 fully saturated rings. The minimum atomic E-state index is -1.48. The van der Waals surface area contributed by atoms with Gasteiger partial charge in [0.2, 0.25) is 0 Å². The average molecular weight is 371 g/mol. The maximum Gasteiger partial charge on any atom is 0.337 e. The van der Waals surface area contributed by atoms with Crippen LogP contribution in [0.2, 0.25) is 0 Å². The SMILES string of the molecule is Cc1ccc(Br)c(C(O)C(=O)O)c1I. The number of carboxylic acids is 1. The van der Waals surface area contributed by atoms with Crippen molar-refractivity contribution in [3.63, 3.8) is 0 Å². The van der Waals surface area contributed by atoms with Crippen LogP contribution in [0.15, 0.2) is 16.6 Å². The van der Waals surface area contributed by atoms with Crippen LogP contribution < -0.4 is 0 Å². The van der Waals surface area contributed by atoms with E-state index in [9.17, 15) is 9.90 Å². The minimum Gasteiger partial charge on any atom is -0.479 e. The molecule has 1 aromatic rings. The van der Waals surface area contributed by atoms with Crippen molar-refractivity contribution in [3.8, 4) is 0 Å². The smallest absolute Gasteiger partial charge is 0.337 e. The van der Waals surface area contributed by atoms with Crippen molar-refractivity contribution in [2.75, 3.05) is 0 Å². The molecule has 0 amide bonds. The van der Waals surface area contributed by atoms with Gasteiger partial charge in [0.15, 0.2) is 6.10 Å². The minimum absolute atomic E-state index is 0.415. The van der Waals surface area contributed by atoms with Crippen molar-refractivity contribution in [2.45, 2.75) is 13.0 Å². The van der Waals surface area contributed by atoms with Crippen LogP contribution in [0.25, 0.3) is 0 Å². The molecule has 14 heavy (non-hydrogen) atoms. The molecule has 5 heteroatoms. The van der Waals surface area contributed by atoms with Crippen molar-refractivity contribution in [1.29, 1.82) is 0 Å². The Labute approximate surface area is 103 Å². The zero-order chi connectivity index (χ0) is 10.9. The van der Waals surface area contributed by atoms with Gasteiger partial charge in [-0.1, -0.05) is 22.0 Å². The van der Waals surface area contributed by atoms with Crippen LogP contribution in [-0.4, -0.2) is 16.2 Å². The molecule has 0 saturated heterocycles. The maximum atomic E-state index is 10.6. The summed E-state index contributed by atoms with van der Waals surface area (Å²) < 4.78 is 1.38. The summed E-state index contributed by atoms with van der Waals surface area (Å²) in [6.07, 6.45) is -1.48. The fraction of sp³-hybridized carbons (Fsp3) is 0.222. The van der Waals surface area contributed by atoms with Gasteiger partial charge in [0.05, 0.1) is 0 Å². The van der Waals surface area contributed by atoms with Crippen LogP contribution in [0.3, 0.4) is 0 Å². The summed E-state index contributed by atoms with van der Waals surface area (Å²) in [5, 5.41) is 18.2. The number of halogens is 2. The van der Waals surface area contributed by atoms with Gasteiger partial charge in [-0.25, -0.2) is 4.79 Å². The van der Waals surface area contributed by atoms with Gasteiger partial charge >= 0.3 is 5.97 Å². The van der Waals surface area contributed by atoms with Crippen molar-refractivity contribution in [2.24, 2.45) is 0 Å². The fourth-order valence-corrected chi connectivity index (χ4v) is 2.74. The van der Waals surface area contributed by atoms with Gasteiger partial charge in [-0.3, -0.25) is 0 Å². The Balaban J connectivity index is 3.32. The summed E-state index contributed by atoms with van der Waals surface area (Å²) in [5.74, 6) is -1.24. The van der Waals surface area contributed by atoms with E-state index < -0.39 is 12.1 Å². The number of hydrogen-bond acceptors (Lipinski definition) is 2. The van der Waals surface area contributed by atoms with Gasteiger partial charge in [0.1, 0.15) is 0 Å². The van der Waals surface area contributed by atoms with Crippen LogP contribution in [0.4, 0.5) is 0 Å². The summed E-state index contributed by atoms with van der Waals surface area (Å²) in [4.78, 5) is 10.6. The lowest BCUT2D eigenvalue weighted by molar-refractivity contribution is -0.147. The van der Waals surface area contributed by atoms with Gasteiger partial charge in [0, 0.05) is 13.6 Å². The number of carboxylic acid groups (broad SMARTS) is 1. The Bertz CT molecular complexity index is 379. The average Bonchev–Trinajstić information content (AvgIpc) is 2.12. The molecule has 0 aliphatic rings. The van der Waals surface area contributed by atoms with Crippen LogP contribution in [0.5, 0.6) is 0 Å². The highest BCUT2D eigenvalue weighted by molar-refractivity contribution is 14.1. The monoisotopic (exact) mass is 370 g/mol. The molecular weight excluding hydrogens is 363 g/mol. The lowest BCUT2D eigenvalue weighted by Crippen LogP contribution is -2.13. The number of aliphatic hydroxyl groups excluding tert-OH is 1. The van der Waals surface area contributed by atoms with Crippen molar-refractivity contribution in [1.82, 2.24) is 0 Å². The molecule has 1 atom stereocenters. The van der Waals surface area contributed by atoms with Crippen LogP contribution in [0, 0.1) is 10.5 Å². The molecule has 0 aliphatic carbocycles. The second-order valence-corrected chi connectivity index (χ2v) is 4.77. The van der Waals surface area contributed by atoms with Gasteiger partial charge in [-0.15, -0.1) is 0 Å². The van der Waals surface area contributed by atoms with E-state index in [0.29, 0.717) is 10.0 Å². The maximum absolute atomic E-state index is 10.6. The number of hydrogen-bond donors (Lipinski definition) is 2. The quantitative estimate of drug-likeness (QED) is 0.786. The van der Waals surface area contributed by atoms with E-state index in [1.54, 1.807) is 6.07 Å². The molecule has 0 saturated carbocycles. The van der Waals surface area contributed by atoms with E-state index in [1.165, 1.54) is 0 Å². The van der Waals surface area contributed by atoms with Crippen LogP contribution in [0.1, 0.15) is 17.2 Å². The predicted octanol–water partition coefficient (Wildman–Crippen LogP) is 2.48. The van der Waals surface area contributed by atoms with E-state index in [0.717, 1.165) is 9.13 Å². The molecule has 3 nitrogen and oxygen atoms in total. The molecule has 0 radical (unpaired) electrons. The Hall–Kier alpha value is -0.140. The second-order valence-electron chi connectivity index (χ2n) is 2.83. The van der Waals surface area contributed by atoms with Gasteiger partial charge in [0.25, 0.3) is 0 Å². The first-order chi connectivity index (χ1) is 6.45. The normalized spacial score (nSPS) is 12.6. The molecule has 0 bridgehead atoms. The number of rotatable bonds is 2. The molecule has 1 rings (SSSR count). The Morgan fingerprint density at radius 1 is 1.57 bits per heavy atom. The van der Waals surface area contributed by atoms with E-state index in [4.69, 9.17) is 5.11 Å². The zero-order valence-electron chi connectivity index (χ0n) is 7.29. The summed E-state index contributed by atoms with van der Waals surface area (Å²) in [6, 6.07) is 3.60. The third kappa shape index (κ3) is 2.26. The number of aliphatic hydroxyl groups is 1. The number of carbonyl (C=O) groups is 1. The predicted molar refractivity (Wildman–Crippen MR) is 64.2 cm³/mol. The third-order valence-electron chi connectivity index (χ3n) is 1.83. The molecule has 0 heterocycles. The standard InChI is InChI=1S/C9H8BrIO3/c1-4-2-3-5(10)6(7(4)11)8(12)9(13)14/h2-3,8,12H,1H3,(H,13,14). The van der Waals surface area contributed by atoms with Crippen molar-refractivity contribution in [3.05, 3.63) is 31.3 Å². The largest absolute Gasteiger partial charge is 0.479 e. The molecule has 2 N–H and O–H groups in total. The Kier molecular flexibility index (Phi) is 3.91. The van der Waals surface area contributed by atoms with E-state index in [-0.39, 0.29) is 0 Å². The number of benzene rings is 1. The Morgan fingerprint density at radius 3 is 2.64 bits per heavy atom. The number of aryl methyl sites for hydroxylation is 1.